The van der Waals surface area contributed by atoms with E-state index in [-0.39, 0.29) is 0 Å². The minimum Gasteiger partial charge on any atom is -0.330 e. The van der Waals surface area contributed by atoms with Crippen LogP contribution in [0.4, 0.5) is 0 Å². The molecular formula is C12H18N2. The van der Waals surface area contributed by atoms with Crippen molar-refractivity contribution in [2.24, 2.45) is 17.6 Å². The Labute approximate surface area is 86.1 Å². The average Bonchev–Trinajstić information content (AvgIpc) is 2.08. The first-order valence-electron chi connectivity index (χ1n) is 5.08. The van der Waals surface area contributed by atoms with E-state index < -0.39 is 0 Å². The van der Waals surface area contributed by atoms with Gasteiger partial charge in [0.2, 0.25) is 0 Å². The summed E-state index contributed by atoms with van der Waals surface area (Å²) < 4.78 is 0. The van der Waals surface area contributed by atoms with Crippen molar-refractivity contribution in [2.45, 2.75) is 25.7 Å². The second-order valence-corrected chi connectivity index (χ2v) is 4.24. The summed E-state index contributed by atoms with van der Waals surface area (Å²) >= 11 is 0. The molecule has 2 fully saturated rings. The van der Waals surface area contributed by atoms with E-state index >= 15 is 0 Å². The summed E-state index contributed by atoms with van der Waals surface area (Å²) in [5.74, 6) is 1.07. The predicted molar refractivity (Wildman–Crippen MR) is 58.4 cm³/mol. The zero-order chi connectivity index (χ0) is 10.6. The average molecular weight is 190 g/mol. The number of rotatable bonds is 1. The van der Waals surface area contributed by atoms with Gasteiger partial charge in [-0.25, -0.2) is 0 Å². The van der Waals surface area contributed by atoms with Gasteiger partial charge >= 0.3 is 0 Å². The van der Waals surface area contributed by atoms with Crippen LogP contribution in [0, 0.1) is 23.2 Å². The topological polar surface area (TPSA) is 49.8 Å². The Balaban J connectivity index is 0.000000140. The Morgan fingerprint density at radius 2 is 1.71 bits per heavy atom. The van der Waals surface area contributed by atoms with Crippen molar-refractivity contribution in [3.05, 3.63) is 24.3 Å². The Bertz CT molecular complexity index is 257. The van der Waals surface area contributed by atoms with Gasteiger partial charge in [0.1, 0.15) is 0 Å². The highest BCUT2D eigenvalue weighted by Gasteiger charge is 2.19. The molecule has 76 valence electrons. The lowest BCUT2D eigenvalue weighted by Crippen LogP contribution is -2.22. The first-order valence-corrected chi connectivity index (χ1v) is 5.08. The number of nitrogens with two attached hydrogens (primary N) is 1. The van der Waals surface area contributed by atoms with Crippen LogP contribution in [0.2, 0.25) is 0 Å². The lowest BCUT2D eigenvalue weighted by molar-refractivity contribution is 0.431. The predicted octanol–water partition coefficient (Wildman–Crippen LogP) is 2.39. The summed E-state index contributed by atoms with van der Waals surface area (Å²) in [5, 5.41) is 8.21. The summed E-state index contributed by atoms with van der Waals surface area (Å²) in [6, 6.07) is 2.17. The van der Waals surface area contributed by atoms with Crippen LogP contribution < -0.4 is 5.73 Å². The quantitative estimate of drug-likeness (QED) is 0.645. The van der Waals surface area contributed by atoms with Gasteiger partial charge in [0.05, 0.1) is 12.0 Å². The van der Waals surface area contributed by atoms with Crippen molar-refractivity contribution in [3.8, 4) is 6.07 Å². The van der Waals surface area contributed by atoms with Crippen LogP contribution >= 0.6 is 0 Å². The molecule has 2 rings (SSSR count). The largest absolute Gasteiger partial charge is 0.330 e. The molecule has 0 atom stereocenters. The second kappa shape index (κ2) is 4.97. The molecule has 0 aromatic rings. The van der Waals surface area contributed by atoms with E-state index in [0.29, 0.717) is 5.92 Å². The first kappa shape index (κ1) is 11.0. The van der Waals surface area contributed by atoms with Gasteiger partial charge in [-0.3, -0.25) is 0 Å². The zero-order valence-electron chi connectivity index (χ0n) is 8.63. The summed E-state index contributed by atoms with van der Waals surface area (Å²) in [6.45, 7) is 8.36. The third-order valence-corrected chi connectivity index (χ3v) is 2.74. The fourth-order valence-corrected chi connectivity index (χ4v) is 1.65. The summed E-state index contributed by atoms with van der Waals surface area (Å²) in [6.07, 6.45) is 4.24. The summed E-state index contributed by atoms with van der Waals surface area (Å²) in [4.78, 5) is 0. The van der Waals surface area contributed by atoms with E-state index in [2.05, 4.69) is 19.2 Å². The van der Waals surface area contributed by atoms with Crippen LogP contribution in [0.5, 0.6) is 0 Å². The maximum Gasteiger partial charge on any atom is 0.0662 e. The first-order chi connectivity index (χ1) is 6.65. The van der Waals surface area contributed by atoms with Crippen molar-refractivity contribution in [2.75, 3.05) is 6.54 Å². The molecule has 0 spiro atoms. The highest BCUT2D eigenvalue weighted by molar-refractivity contribution is 5.13. The van der Waals surface area contributed by atoms with Gasteiger partial charge in [0, 0.05) is 0 Å². The molecule has 2 aliphatic carbocycles. The lowest BCUT2D eigenvalue weighted by atomic mass is 9.81. The molecule has 0 saturated heterocycles. The molecule has 0 amide bonds. The van der Waals surface area contributed by atoms with E-state index in [1.54, 1.807) is 0 Å². The number of hydrogen-bond donors (Lipinski definition) is 1. The van der Waals surface area contributed by atoms with Gasteiger partial charge in [-0.1, -0.05) is 24.3 Å². The third-order valence-electron chi connectivity index (χ3n) is 2.74. The van der Waals surface area contributed by atoms with Crippen LogP contribution in [0.1, 0.15) is 25.7 Å². The molecule has 0 aromatic carbocycles. The van der Waals surface area contributed by atoms with Gasteiger partial charge in [-0.05, 0) is 38.1 Å². The van der Waals surface area contributed by atoms with Gasteiger partial charge in [-0.15, -0.1) is 0 Å². The molecule has 2 aliphatic rings. The van der Waals surface area contributed by atoms with E-state index in [1.165, 1.54) is 24.0 Å². The highest BCUT2D eigenvalue weighted by Crippen LogP contribution is 2.30. The Hall–Kier alpha value is -1.07. The van der Waals surface area contributed by atoms with Crippen molar-refractivity contribution in [1.29, 1.82) is 5.26 Å². The van der Waals surface area contributed by atoms with Crippen molar-refractivity contribution in [1.82, 2.24) is 0 Å². The van der Waals surface area contributed by atoms with Gasteiger partial charge < -0.3 is 5.73 Å². The van der Waals surface area contributed by atoms with Crippen LogP contribution in [0.15, 0.2) is 24.3 Å². The van der Waals surface area contributed by atoms with Crippen LogP contribution in [-0.2, 0) is 0 Å². The fraction of sp³-hybridized carbons (Fsp3) is 0.583. The molecular weight excluding hydrogens is 172 g/mol. The fourth-order valence-electron chi connectivity index (χ4n) is 1.65. The molecule has 0 bridgehead atoms. The Morgan fingerprint density at radius 3 is 1.86 bits per heavy atom. The summed E-state index contributed by atoms with van der Waals surface area (Å²) in [7, 11) is 0. The van der Waals surface area contributed by atoms with Gasteiger partial charge in [0.25, 0.3) is 0 Å². The number of allylic oxidation sites excluding steroid dienone is 2. The third kappa shape index (κ3) is 3.01. The number of hydrogen-bond acceptors (Lipinski definition) is 2. The minimum atomic E-state index is 0.299. The van der Waals surface area contributed by atoms with E-state index in [9.17, 15) is 0 Å². The van der Waals surface area contributed by atoms with Crippen molar-refractivity contribution >= 4 is 0 Å². The molecule has 0 heterocycles. The molecule has 0 unspecified atom stereocenters. The Kier molecular flexibility index (Phi) is 3.91. The molecule has 14 heavy (non-hydrogen) atoms. The van der Waals surface area contributed by atoms with E-state index in [1.807, 2.05) is 0 Å². The lowest BCUT2D eigenvalue weighted by Gasteiger charge is -2.26. The van der Waals surface area contributed by atoms with Crippen LogP contribution in [-0.4, -0.2) is 6.54 Å². The van der Waals surface area contributed by atoms with Crippen LogP contribution in [0.25, 0.3) is 0 Å². The van der Waals surface area contributed by atoms with Gasteiger partial charge in [-0.2, -0.15) is 5.26 Å². The molecule has 2 nitrogen and oxygen atoms in total. The highest BCUT2D eigenvalue weighted by atomic mass is 14.6. The molecule has 2 saturated carbocycles. The van der Waals surface area contributed by atoms with E-state index in [0.717, 1.165) is 25.3 Å². The molecule has 0 radical (unpaired) electrons. The molecule has 0 aromatic heterocycles. The summed E-state index contributed by atoms with van der Waals surface area (Å²) in [5.41, 5.74) is 7.95. The number of nitrogens with zero attached hydrogens (tertiary/aromatic N) is 1. The maximum absolute atomic E-state index is 8.21. The number of nitriles is 1. The standard InChI is InChI=1S/C6H11N.C6H7N/c2*1-5-2-6(3-5)4-7/h6H,1-4,7H2;6H,1-3H2. The molecule has 2 N–H and O–H groups in total. The molecule has 2 heteroatoms. The zero-order valence-corrected chi connectivity index (χ0v) is 8.63. The smallest absolute Gasteiger partial charge is 0.0662 e. The monoisotopic (exact) mass is 190 g/mol. The second-order valence-electron chi connectivity index (χ2n) is 4.24. The van der Waals surface area contributed by atoms with Crippen molar-refractivity contribution in [3.63, 3.8) is 0 Å². The SMILES string of the molecule is C=C1CC(C#N)C1.C=C1CC(CN)C1. The van der Waals surface area contributed by atoms with Gasteiger partial charge in [0.15, 0.2) is 0 Å². The Morgan fingerprint density at radius 1 is 1.21 bits per heavy atom. The van der Waals surface area contributed by atoms with Crippen LogP contribution in [0.3, 0.4) is 0 Å². The molecule has 0 aliphatic heterocycles. The normalized spacial score (nSPS) is 21.4. The maximum atomic E-state index is 8.21. The van der Waals surface area contributed by atoms with Crippen molar-refractivity contribution < 1.29 is 0 Å². The minimum absolute atomic E-state index is 0.299. The van der Waals surface area contributed by atoms with E-state index in [4.69, 9.17) is 11.0 Å².